The zero-order valence-electron chi connectivity index (χ0n) is 11.4. The van der Waals surface area contributed by atoms with Crippen LogP contribution in [0.2, 0.25) is 0 Å². The van der Waals surface area contributed by atoms with Gasteiger partial charge in [-0.25, -0.2) is 0 Å². The van der Waals surface area contributed by atoms with Crippen LogP contribution in [0.15, 0.2) is 0 Å². The van der Waals surface area contributed by atoms with E-state index < -0.39 is 5.60 Å². The average molecular weight is 227 g/mol. The Hall–Kier alpha value is -0.0800. The van der Waals surface area contributed by atoms with Gasteiger partial charge in [0.25, 0.3) is 0 Å². The Morgan fingerprint density at radius 3 is 2.56 bits per heavy atom. The summed E-state index contributed by atoms with van der Waals surface area (Å²) in [4.78, 5) is 0. The monoisotopic (exact) mass is 227 g/mol. The van der Waals surface area contributed by atoms with Gasteiger partial charge in [0.05, 0.1) is 5.60 Å². The summed E-state index contributed by atoms with van der Waals surface area (Å²) in [5.41, 5.74) is 5.33. The predicted octanol–water partition coefficient (Wildman–Crippen LogP) is 2.94. The maximum atomic E-state index is 10.8. The van der Waals surface area contributed by atoms with Crippen LogP contribution in [-0.4, -0.2) is 17.3 Å². The van der Waals surface area contributed by atoms with Gasteiger partial charge >= 0.3 is 0 Å². The van der Waals surface area contributed by atoms with E-state index in [4.69, 9.17) is 5.73 Å². The van der Waals surface area contributed by atoms with Gasteiger partial charge in [-0.15, -0.1) is 0 Å². The van der Waals surface area contributed by atoms with Crippen LogP contribution in [0.1, 0.15) is 59.8 Å². The molecule has 0 amide bonds. The van der Waals surface area contributed by atoms with E-state index in [0.29, 0.717) is 6.54 Å². The van der Waals surface area contributed by atoms with Crippen molar-refractivity contribution < 1.29 is 5.11 Å². The first-order chi connectivity index (χ1) is 7.39. The molecule has 0 aromatic heterocycles. The van der Waals surface area contributed by atoms with E-state index in [1.165, 1.54) is 19.3 Å². The average Bonchev–Trinajstić information content (AvgIpc) is 2.28. The Bertz CT molecular complexity index is 225. The van der Waals surface area contributed by atoms with Crippen LogP contribution in [0.25, 0.3) is 0 Å². The van der Waals surface area contributed by atoms with Crippen LogP contribution in [0.4, 0.5) is 0 Å². The molecule has 16 heavy (non-hydrogen) atoms. The van der Waals surface area contributed by atoms with E-state index in [1.807, 2.05) is 6.92 Å². The molecule has 0 bridgehead atoms. The number of nitrogens with two attached hydrogens (primary N) is 1. The van der Waals surface area contributed by atoms with Crippen molar-refractivity contribution in [1.82, 2.24) is 0 Å². The first-order valence-electron chi connectivity index (χ1n) is 6.82. The van der Waals surface area contributed by atoms with Crippen molar-refractivity contribution in [1.29, 1.82) is 0 Å². The lowest BCUT2D eigenvalue weighted by Crippen LogP contribution is -2.55. The molecule has 0 aromatic carbocycles. The normalized spacial score (nSPS) is 35.1. The van der Waals surface area contributed by atoms with Crippen LogP contribution in [0.3, 0.4) is 0 Å². The molecule has 0 aliphatic heterocycles. The second kappa shape index (κ2) is 5.05. The van der Waals surface area contributed by atoms with Gasteiger partial charge in [-0.3, -0.25) is 0 Å². The van der Waals surface area contributed by atoms with Crippen molar-refractivity contribution in [2.75, 3.05) is 6.54 Å². The minimum absolute atomic E-state index is 0.0555. The van der Waals surface area contributed by atoms with Gasteiger partial charge in [0, 0.05) is 12.0 Å². The van der Waals surface area contributed by atoms with Crippen molar-refractivity contribution in [2.45, 2.75) is 65.4 Å². The molecule has 96 valence electrons. The van der Waals surface area contributed by atoms with Gasteiger partial charge in [-0.1, -0.05) is 40.0 Å². The fraction of sp³-hybridized carbons (Fsp3) is 1.00. The van der Waals surface area contributed by atoms with E-state index in [2.05, 4.69) is 20.8 Å². The fourth-order valence-electron chi connectivity index (χ4n) is 3.30. The Labute approximate surface area is 101 Å². The summed E-state index contributed by atoms with van der Waals surface area (Å²) in [7, 11) is 0. The molecular formula is C14H29NO. The molecule has 0 heterocycles. The number of rotatable bonds is 4. The van der Waals surface area contributed by atoms with Crippen molar-refractivity contribution in [3.63, 3.8) is 0 Å². The minimum Gasteiger partial charge on any atom is -0.389 e. The fourth-order valence-corrected chi connectivity index (χ4v) is 3.30. The van der Waals surface area contributed by atoms with Gasteiger partial charge in [-0.2, -0.15) is 0 Å². The van der Waals surface area contributed by atoms with Crippen LogP contribution in [0, 0.1) is 17.3 Å². The summed E-state index contributed by atoms with van der Waals surface area (Å²) < 4.78 is 0. The van der Waals surface area contributed by atoms with Gasteiger partial charge in [0.15, 0.2) is 0 Å². The van der Waals surface area contributed by atoms with E-state index in [1.54, 1.807) is 0 Å². The maximum absolute atomic E-state index is 10.8. The zero-order chi connectivity index (χ0) is 12.4. The summed E-state index contributed by atoms with van der Waals surface area (Å²) in [6, 6.07) is 0. The topological polar surface area (TPSA) is 46.2 Å². The molecule has 0 aromatic rings. The smallest absolute Gasteiger partial charge is 0.0710 e. The van der Waals surface area contributed by atoms with E-state index in [-0.39, 0.29) is 11.3 Å². The van der Waals surface area contributed by atoms with Crippen LogP contribution >= 0.6 is 0 Å². The van der Waals surface area contributed by atoms with E-state index in [0.717, 1.165) is 18.8 Å². The third-order valence-electron chi connectivity index (χ3n) is 5.11. The molecule has 1 fully saturated rings. The highest BCUT2D eigenvalue weighted by atomic mass is 16.3. The molecule has 0 radical (unpaired) electrons. The molecule has 3 atom stereocenters. The third-order valence-corrected chi connectivity index (χ3v) is 5.11. The van der Waals surface area contributed by atoms with Gasteiger partial charge in [-0.05, 0) is 31.6 Å². The van der Waals surface area contributed by atoms with Crippen molar-refractivity contribution in [3.8, 4) is 0 Å². The van der Waals surface area contributed by atoms with Gasteiger partial charge in [0.1, 0.15) is 0 Å². The molecule has 0 saturated heterocycles. The SMILES string of the molecule is CCC1CCCC(CN)(C(C)(O)C(C)C)C1. The summed E-state index contributed by atoms with van der Waals surface area (Å²) in [5.74, 6) is 1.02. The second-order valence-electron chi connectivity index (χ2n) is 6.16. The lowest BCUT2D eigenvalue weighted by Gasteiger charge is -2.51. The highest BCUT2D eigenvalue weighted by Crippen LogP contribution is 2.49. The van der Waals surface area contributed by atoms with Crippen LogP contribution in [0.5, 0.6) is 0 Å². The first-order valence-corrected chi connectivity index (χ1v) is 6.82. The van der Waals surface area contributed by atoms with Crippen LogP contribution < -0.4 is 5.73 Å². The summed E-state index contributed by atoms with van der Waals surface area (Å²) in [5, 5.41) is 10.8. The van der Waals surface area contributed by atoms with Crippen molar-refractivity contribution in [2.24, 2.45) is 23.0 Å². The third kappa shape index (κ3) is 2.28. The Balaban J connectivity index is 2.92. The second-order valence-corrected chi connectivity index (χ2v) is 6.16. The summed E-state index contributed by atoms with van der Waals surface area (Å²) in [6.07, 6.45) is 5.94. The number of hydrogen-bond donors (Lipinski definition) is 2. The number of hydrogen-bond acceptors (Lipinski definition) is 2. The van der Waals surface area contributed by atoms with E-state index >= 15 is 0 Å². The maximum Gasteiger partial charge on any atom is 0.0710 e. The zero-order valence-corrected chi connectivity index (χ0v) is 11.4. The Morgan fingerprint density at radius 1 is 1.50 bits per heavy atom. The molecule has 1 rings (SSSR count). The predicted molar refractivity (Wildman–Crippen MR) is 69.2 cm³/mol. The number of aliphatic hydroxyl groups is 1. The molecule has 2 heteroatoms. The van der Waals surface area contributed by atoms with Crippen LogP contribution in [-0.2, 0) is 0 Å². The first kappa shape index (κ1) is 14.0. The standard InChI is InChI=1S/C14H29NO/c1-5-12-7-6-8-14(9-12,10-15)13(4,16)11(2)3/h11-12,16H,5-10,15H2,1-4H3. The van der Waals surface area contributed by atoms with E-state index in [9.17, 15) is 5.11 Å². The molecule has 1 aliphatic carbocycles. The molecule has 1 aliphatic rings. The lowest BCUT2D eigenvalue weighted by molar-refractivity contribution is -0.125. The molecule has 1 saturated carbocycles. The minimum atomic E-state index is -0.629. The van der Waals surface area contributed by atoms with Crippen molar-refractivity contribution in [3.05, 3.63) is 0 Å². The molecule has 0 spiro atoms. The molecular weight excluding hydrogens is 198 g/mol. The molecule has 3 unspecified atom stereocenters. The lowest BCUT2D eigenvalue weighted by atomic mass is 9.58. The Morgan fingerprint density at radius 2 is 2.12 bits per heavy atom. The Kier molecular flexibility index (Phi) is 4.42. The van der Waals surface area contributed by atoms with Crippen molar-refractivity contribution >= 4 is 0 Å². The summed E-state index contributed by atoms with van der Waals surface area (Å²) in [6.45, 7) is 9.07. The van der Waals surface area contributed by atoms with Gasteiger partial charge < -0.3 is 10.8 Å². The highest BCUT2D eigenvalue weighted by molar-refractivity contribution is 5.01. The summed E-state index contributed by atoms with van der Waals surface area (Å²) >= 11 is 0. The van der Waals surface area contributed by atoms with Gasteiger partial charge in [0.2, 0.25) is 0 Å². The quantitative estimate of drug-likeness (QED) is 0.775. The highest BCUT2D eigenvalue weighted by Gasteiger charge is 2.49. The molecule has 3 N–H and O–H groups in total. The largest absolute Gasteiger partial charge is 0.389 e. The molecule has 2 nitrogen and oxygen atoms in total.